The maximum absolute atomic E-state index is 10.7. The number of carbonyl (C=O) groups is 2. The molecule has 0 fully saturated rings. The number of allylic oxidation sites excluding steroid dienone is 2. The van der Waals surface area contributed by atoms with Crippen LogP contribution < -0.4 is 5.32 Å². The minimum Gasteiger partial charge on any atom is -0.329 e. The predicted octanol–water partition coefficient (Wildman–Crippen LogP) is 0.989. The molecule has 0 saturated carbocycles. The lowest BCUT2D eigenvalue weighted by Crippen LogP contribution is -2.15. The van der Waals surface area contributed by atoms with Gasteiger partial charge in [0.05, 0.1) is 0 Å². The lowest BCUT2D eigenvalue weighted by atomic mass is 10.2. The molecule has 3 nitrogen and oxygen atoms in total. The molecule has 0 aromatic carbocycles. The highest BCUT2D eigenvalue weighted by molar-refractivity contribution is 5.95. The summed E-state index contributed by atoms with van der Waals surface area (Å²) < 4.78 is 0. The molecule has 1 N–H and O–H groups in total. The first-order valence-electron chi connectivity index (χ1n) is 2.95. The van der Waals surface area contributed by atoms with Gasteiger partial charge in [-0.15, -0.1) is 24.8 Å². The average Bonchev–Trinajstić information content (AvgIpc) is 1.84. The van der Waals surface area contributed by atoms with Crippen molar-refractivity contribution in [2.45, 2.75) is 6.42 Å². The van der Waals surface area contributed by atoms with Gasteiger partial charge in [0.15, 0.2) is 5.78 Å². The van der Waals surface area contributed by atoms with Crippen molar-refractivity contribution in [1.82, 2.24) is 5.32 Å². The Balaban J connectivity index is 0. The van der Waals surface area contributed by atoms with E-state index in [0.717, 1.165) is 0 Å². The van der Waals surface area contributed by atoms with E-state index in [1.54, 1.807) is 6.08 Å². The van der Waals surface area contributed by atoms with Gasteiger partial charge >= 0.3 is 0 Å². The Labute approximate surface area is 82.7 Å². The van der Waals surface area contributed by atoms with Crippen LogP contribution in [-0.4, -0.2) is 11.7 Å². The fourth-order valence-corrected chi connectivity index (χ4v) is 0.615. The molecular formula is C7H9Cl2NO2. The summed E-state index contributed by atoms with van der Waals surface area (Å²) in [7, 11) is 0. The summed E-state index contributed by atoms with van der Waals surface area (Å²) in [6, 6.07) is 0. The van der Waals surface area contributed by atoms with Crippen LogP contribution in [0.4, 0.5) is 0 Å². The van der Waals surface area contributed by atoms with E-state index in [0.29, 0.717) is 6.42 Å². The van der Waals surface area contributed by atoms with E-state index in [-0.39, 0.29) is 36.5 Å². The molecule has 12 heavy (non-hydrogen) atoms. The van der Waals surface area contributed by atoms with Crippen molar-refractivity contribution in [3.63, 3.8) is 0 Å². The molecule has 0 spiro atoms. The van der Waals surface area contributed by atoms with E-state index in [1.165, 1.54) is 18.4 Å². The van der Waals surface area contributed by atoms with Crippen LogP contribution in [0.3, 0.4) is 0 Å². The van der Waals surface area contributed by atoms with Crippen molar-refractivity contribution in [1.29, 1.82) is 0 Å². The van der Waals surface area contributed by atoms with Gasteiger partial charge in [0.2, 0.25) is 5.91 Å². The van der Waals surface area contributed by atoms with Crippen LogP contribution in [0.15, 0.2) is 24.4 Å². The third-order valence-electron chi connectivity index (χ3n) is 1.08. The number of carbonyl (C=O) groups excluding carboxylic acids is 2. The van der Waals surface area contributed by atoms with Crippen molar-refractivity contribution in [2.75, 3.05) is 0 Å². The largest absolute Gasteiger partial charge is 0.329 e. The zero-order valence-electron chi connectivity index (χ0n) is 6.15. The molecule has 0 bridgehead atoms. The zero-order chi connectivity index (χ0) is 7.40. The Kier molecular flexibility index (Phi) is 7.90. The molecule has 0 radical (unpaired) electrons. The summed E-state index contributed by atoms with van der Waals surface area (Å²) in [5.41, 5.74) is 0. The number of halogens is 2. The maximum atomic E-state index is 10.7. The van der Waals surface area contributed by atoms with Crippen molar-refractivity contribution < 1.29 is 9.59 Å². The van der Waals surface area contributed by atoms with Gasteiger partial charge in [0, 0.05) is 12.6 Å². The number of rotatable bonds is 0. The van der Waals surface area contributed by atoms with Gasteiger partial charge in [-0.25, -0.2) is 0 Å². The second kappa shape index (κ2) is 6.88. The van der Waals surface area contributed by atoms with Gasteiger partial charge < -0.3 is 5.32 Å². The zero-order valence-corrected chi connectivity index (χ0v) is 7.78. The van der Waals surface area contributed by atoms with Crippen LogP contribution in [0.25, 0.3) is 0 Å². The smallest absolute Gasteiger partial charge is 0.247 e. The lowest BCUT2D eigenvalue weighted by molar-refractivity contribution is -0.115. The molecule has 1 rings (SSSR count). The summed E-state index contributed by atoms with van der Waals surface area (Å²) in [6.07, 6.45) is 5.90. The van der Waals surface area contributed by atoms with Gasteiger partial charge in [-0.3, -0.25) is 9.59 Å². The minimum absolute atomic E-state index is 0. The first-order chi connectivity index (χ1) is 4.79. The fourth-order valence-electron chi connectivity index (χ4n) is 0.615. The van der Waals surface area contributed by atoms with Crippen LogP contribution in [-0.2, 0) is 9.59 Å². The molecular weight excluding hydrogens is 201 g/mol. The topological polar surface area (TPSA) is 46.2 Å². The molecule has 0 saturated heterocycles. The van der Waals surface area contributed by atoms with Gasteiger partial charge in [0.1, 0.15) is 0 Å². The predicted molar refractivity (Wildman–Crippen MR) is 50.5 cm³/mol. The van der Waals surface area contributed by atoms with Gasteiger partial charge in [-0.1, -0.05) is 6.08 Å². The van der Waals surface area contributed by atoms with Crippen LogP contribution in [0, 0.1) is 0 Å². The molecule has 1 aliphatic rings. The molecule has 0 atom stereocenters. The number of ketones is 1. The average molecular weight is 210 g/mol. The fraction of sp³-hybridized carbons (Fsp3) is 0.143. The SMILES string of the molecule is Cl.Cl.O=C1/C=C\NC(=O)/C=C\C1. The number of hydrogen-bond acceptors (Lipinski definition) is 2. The minimum atomic E-state index is -0.191. The maximum Gasteiger partial charge on any atom is 0.247 e. The van der Waals surface area contributed by atoms with E-state index in [4.69, 9.17) is 0 Å². The van der Waals surface area contributed by atoms with E-state index < -0.39 is 0 Å². The summed E-state index contributed by atoms with van der Waals surface area (Å²) in [4.78, 5) is 21.2. The standard InChI is InChI=1S/C7H7NO2.2ClH/c9-6-2-1-3-7(10)8-5-4-6;;/h1,3-5H,2H2,(H,8,10);2*1H/b3-1-,5-4-;;. The molecule has 0 unspecified atom stereocenters. The number of nitrogens with one attached hydrogen (secondary N) is 1. The van der Waals surface area contributed by atoms with Gasteiger partial charge in [0.25, 0.3) is 0 Å². The Morgan fingerprint density at radius 1 is 1.17 bits per heavy atom. The third kappa shape index (κ3) is 4.93. The van der Waals surface area contributed by atoms with Crippen LogP contribution in [0.5, 0.6) is 0 Å². The molecule has 1 aliphatic heterocycles. The highest BCUT2D eigenvalue weighted by Crippen LogP contribution is 1.90. The molecule has 1 heterocycles. The Morgan fingerprint density at radius 3 is 2.50 bits per heavy atom. The van der Waals surface area contributed by atoms with Crippen LogP contribution in [0.1, 0.15) is 6.42 Å². The molecule has 0 aromatic heterocycles. The van der Waals surface area contributed by atoms with Crippen molar-refractivity contribution >= 4 is 36.5 Å². The van der Waals surface area contributed by atoms with E-state index >= 15 is 0 Å². The van der Waals surface area contributed by atoms with Crippen molar-refractivity contribution in [2.24, 2.45) is 0 Å². The summed E-state index contributed by atoms with van der Waals surface area (Å²) in [5, 5.41) is 2.39. The van der Waals surface area contributed by atoms with E-state index in [2.05, 4.69) is 5.32 Å². The molecule has 5 heteroatoms. The Bertz CT molecular complexity index is 199. The molecule has 1 amide bonds. The Hall–Kier alpha value is -0.800. The summed E-state index contributed by atoms with van der Waals surface area (Å²) in [5.74, 6) is -0.194. The highest BCUT2D eigenvalue weighted by atomic mass is 35.5. The quantitative estimate of drug-likeness (QED) is 0.647. The normalized spacial score (nSPS) is 20.3. The van der Waals surface area contributed by atoms with Crippen molar-refractivity contribution in [3.8, 4) is 0 Å². The molecule has 68 valence electrons. The summed E-state index contributed by atoms with van der Waals surface area (Å²) in [6.45, 7) is 0. The third-order valence-corrected chi connectivity index (χ3v) is 1.08. The Morgan fingerprint density at radius 2 is 1.83 bits per heavy atom. The molecule has 0 aromatic rings. The number of amides is 1. The second-order valence-corrected chi connectivity index (χ2v) is 1.91. The molecule has 0 aliphatic carbocycles. The first-order valence-corrected chi connectivity index (χ1v) is 2.95. The second-order valence-electron chi connectivity index (χ2n) is 1.91. The summed E-state index contributed by atoms with van der Waals surface area (Å²) >= 11 is 0. The van der Waals surface area contributed by atoms with E-state index in [1.807, 2.05) is 0 Å². The van der Waals surface area contributed by atoms with Crippen LogP contribution in [0.2, 0.25) is 0 Å². The number of hydrogen-bond donors (Lipinski definition) is 1. The first kappa shape index (κ1) is 13.8. The lowest BCUT2D eigenvalue weighted by Gasteiger charge is -1.95. The van der Waals surface area contributed by atoms with E-state index in [9.17, 15) is 9.59 Å². The van der Waals surface area contributed by atoms with Crippen LogP contribution >= 0.6 is 24.8 Å². The van der Waals surface area contributed by atoms with Gasteiger partial charge in [-0.2, -0.15) is 0 Å². The monoisotopic (exact) mass is 209 g/mol. The van der Waals surface area contributed by atoms with Crippen molar-refractivity contribution in [3.05, 3.63) is 24.4 Å². The van der Waals surface area contributed by atoms with Gasteiger partial charge in [-0.05, 0) is 12.2 Å². The highest BCUT2D eigenvalue weighted by Gasteiger charge is 1.97.